The smallest absolute Gasteiger partial charge is 0.293 e. The molecule has 0 radical (unpaired) electrons. The molecule has 30 heavy (non-hydrogen) atoms. The number of ether oxygens (including phenoxy) is 1. The molecule has 0 atom stereocenters. The van der Waals surface area contributed by atoms with E-state index < -0.39 is 5.82 Å². The summed E-state index contributed by atoms with van der Waals surface area (Å²) in [6.07, 6.45) is 0. The molecule has 6 nitrogen and oxygen atoms in total. The van der Waals surface area contributed by atoms with Crippen LogP contribution < -0.4 is 4.74 Å². The first-order chi connectivity index (χ1) is 14.6. The van der Waals surface area contributed by atoms with Gasteiger partial charge in [-0.1, -0.05) is 30.3 Å². The van der Waals surface area contributed by atoms with Crippen molar-refractivity contribution in [1.29, 1.82) is 0 Å². The van der Waals surface area contributed by atoms with E-state index in [1.54, 1.807) is 23.9 Å². The lowest BCUT2D eigenvalue weighted by atomic mass is 10.2. The Labute approximate surface area is 177 Å². The summed E-state index contributed by atoms with van der Waals surface area (Å²) < 4.78 is 20.6. The van der Waals surface area contributed by atoms with E-state index in [0.29, 0.717) is 11.4 Å². The summed E-state index contributed by atoms with van der Waals surface area (Å²) in [5.41, 5.74) is 1.46. The van der Waals surface area contributed by atoms with E-state index in [2.05, 4.69) is 10.1 Å². The number of para-hydroxylation sites is 1. The molecule has 4 aromatic rings. The molecule has 0 fully saturated rings. The van der Waals surface area contributed by atoms with Crippen LogP contribution in [0.25, 0.3) is 16.4 Å². The Bertz CT molecular complexity index is 1160. The van der Waals surface area contributed by atoms with Crippen LogP contribution in [0, 0.1) is 5.82 Å². The molecule has 2 aromatic heterocycles. The number of methoxy groups -OCH3 is 1. The van der Waals surface area contributed by atoms with Crippen molar-refractivity contribution in [2.24, 2.45) is 0 Å². The first-order valence-corrected chi connectivity index (χ1v) is 10.1. The van der Waals surface area contributed by atoms with Crippen LogP contribution in [0.1, 0.15) is 16.2 Å². The molecule has 8 heteroatoms. The molecule has 2 aromatic carbocycles. The van der Waals surface area contributed by atoms with Crippen molar-refractivity contribution in [3.63, 3.8) is 0 Å². The van der Waals surface area contributed by atoms with Crippen LogP contribution in [0.3, 0.4) is 0 Å². The number of carbonyl (C=O) groups excluding carboxylic acids is 1. The van der Waals surface area contributed by atoms with E-state index in [9.17, 15) is 9.18 Å². The molecule has 0 aliphatic carbocycles. The lowest BCUT2D eigenvalue weighted by molar-refractivity contribution is 0.0773. The third-order valence-electron chi connectivity index (χ3n) is 4.52. The van der Waals surface area contributed by atoms with Crippen molar-refractivity contribution in [1.82, 2.24) is 19.7 Å². The van der Waals surface area contributed by atoms with E-state index in [1.807, 2.05) is 47.8 Å². The second kappa shape index (κ2) is 8.46. The second-order valence-electron chi connectivity index (χ2n) is 6.61. The first-order valence-electron chi connectivity index (χ1n) is 9.21. The highest BCUT2D eigenvalue weighted by molar-refractivity contribution is 7.13. The molecule has 4 rings (SSSR count). The number of carbonyl (C=O) groups is 1. The molecule has 0 N–H and O–H groups in total. The second-order valence-corrected chi connectivity index (χ2v) is 7.56. The maximum atomic E-state index is 14.0. The monoisotopic (exact) mass is 422 g/mol. The number of hydrogen-bond donors (Lipinski definition) is 0. The molecular formula is C22H19FN4O2S. The fourth-order valence-electron chi connectivity index (χ4n) is 3.04. The number of thiophene rings is 1. The summed E-state index contributed by atoms with van der Waals surface area (Å²) >= 11 is 1.52. The normalized spacial score (nSPS) is 10.8. The third-order valence-corrected chi connectivity index (χ3v) is 5.39. The van der Waals surface area contributed by atoms with Crippen molar-refractivity contribution >= 4 is 17.2 Å². The summed E-state index contributed by atoms with van der Waals surface area (Å²) in [4.78, 5) is 19.9. The minimum Gasteiger partial charge on any atom is -0.494 e. The van der Waals surface area contributed by atoms with Gasteiger partial charge in [-0.25, -0.2) is 14.1 Å². The van der Waals surface area contributed by atoms with Gasteiger partial charge in [0.2, 0.25) is 5.82 Å². The van der Waals surface area contributed by atoms with Crippen molar-refractivity contribution in [2.75, 3.05) is 14.2 Å². The van der Waals surface area contributed by atoms with Crippen molar-refractivity contribution in [2.45, 2.75) is 6.54 Å². The van der Waals surface area contributed by atoms with Crippen LogP contribution in [0.2, 0.25) is 0 Å². The Balaban J connectivity index is 1.63. The largest absolute Gasteiger partial charge is 0.494 e. The van der Waals surface area contributed by atoms with Crippen LogP contribution in [-0.4, -0.2) is 39.7 Å². The van der Waals surface area contributed by atoms with Crippen LogP contribution in [0.5, 0.6) is 5.75 Å². The molecule has 0 saturated heterocycles. The van der Waals surface area contributed by atoms with Gasteiger partial charge < -0.3 is 9.64 Å². The van der Waals surface area contributed by atoms with Gasteiger partial charge in [0.1, 0.15) is 0 Å². The zero-order valence-electron chi connectivity index (χ0n) is 16.4. The van der Waals surface area contributed by atoms with Gasteiger partial charge in [0.05, 0.1) is 17.7 Å². The quantitative estimate of drug-likeness (QED) is 0.462. The lowest BCUT2D eigenvalue weighted by Crippen LogP contribution is -2.27. The highest BCUT2D eigenvalue weighted by Gasteiger charge is 2.22. The van der Waals surface area contributed by atoms with Gasteiger partial charge in [-0.05, 0) is 41.3 Å². The Kier molecular flexibility index (Phi) is 5.58. The molecule has 1 amide bonds. The number of aromatic nitrogens is 3. The van der Waals surface area contributed by atoms with Gasteiger partial charge in [-0.2, -0.15) is 0 Å². The maximum Gasteiger partial charge on any atom is 0.293 e. The van der Waals surface area contributed by atoms with Crippen molar-refractivity contribution in [3.05, 3.63) is 83.2 Å². The summed E-state index contributed by atoms with van der Waals surface area (Å²) in [6.45, 7) is 0.216. The number of amides is 1. The summed E-state index contributed by atoms with van der Waals surface area (Å²) in [7, 11) is 3.05. The molecule has 152 valence electrons. The van der Waals surface area contributed by atoms with Crippen LogP contribution in [-0.2, 0) is 6.54 Å². The molecule has 0 spiro atoms. The Morgan fingerprint density at radius 2 is 1.97 bits per heavy atom. The summed E-state index contributed by atoms with van der Waals surface area (Å²) in [6, 6.07) is 18.0. The molecule has 0 aliphatic heterocycles. The molecule has 0 unspecified atom stereocenters. The third kappa shape index (κ3) is 3.95. The summed E-state index contributed by atoms with van der Waals surface area (Å²) in [5, 5.41) is 6.42. The van der Waals surface area contributed by atoms with E-state index in [-0.39, 0.29) is 24.0 Å². The standard InChI is InChI=1S/C22H19FN4O2S/c1-26(14-15-10-11-18(29-2)17(23)13-15)22(28)20-24-21(19-9-6-12-30-19)27(25-20)16-7-4-3-5-8-16/h3-13H,14H2,1-2H3. The number of halogens is 1. The number of rotatable bonds is 6. The Hall–Kier alpha value is -3.52. The molecule has 0 bridgehead atoms. The SMILES string of the molecule is COc1ccc(CN(C)C(=O)c2nc(-c3cccs3)n(-c3ccccc3)n2)cc1F. The zero-order chi connectivity index (χ0) is 21.1. The van der Waals surface area contributed by atoms with Crippen molar-refractivity contribution in [3.8, 4) is 22.1 Å². The van der Waals surface area contributed by atoms with Gasteiger partial charge in [0, 0.05) is 13.6 Å². The number of hydrogen-bond acceptors (Lipinski definition) is 5. The van der Waals surface area contributed by atoms with Crippen molar-refractivity contribution < 1.29 is 13.9 Å². The molecule has 2 heterocycles. The average Bonchev–Trinajstić information content (AvgIpc) is 3.44. The highest BCUT2D eigenvalue weighted by Crippen LogP contribution is 2.26. The van der Waals surface area contributed by atoms with Gasteiger partial charge in [-0.15, -0.1) is 16.4 Å². The highest BCUT2D eigenvalue weighted by atomic mass is 32.1. The topological polar surface area (TPSA) is 60.2 Å². The van der Waals surface area contributed by atoms with E-state index in [0.717, 1.165) is 10.6 Å². The van der Waals surface area contributed by atoms with Gasteiger partial charge >= 0.3 is 0 Å². The molecule has 0 aliphatic rings. The van der Waals surface area contributed by atoms with E-state index in [4.69, 9.17) is 4.74 Å². The molecule has 0 saturated carbocycles. The zero-order valence-corrected chi connectivity index (χ0v) is 17.3. The first kappa shape index (κ1) is 19.8. The van der Waals surface area contributed by atoms with Gasteiger partial charge in [0.25, 0.3) is 5.91 Å². The van der Waals surface area contributed by atoms with Gasteiger partial charge in [0.15, 0.2) is 17.4 Å². The predicted octanol–water partition coefficient (Wildman–Crippen LogP) is 4.42. The maximum absolute atomic E-state index is 14.0. The minimum absolute atomic E-state index is 0.0822. The van der Waals surface area contributed by atoms with Crippen LogP contribution in [0.4, 0.5) is 4.39 Å². The number of nitrogens with zero attached hydrogens (tertiary/aromatic N) is 4. The Morgan fingerprint density at radius 1 is 1.17 bits per heavy atom. The van der Waals surface area contributed by atoms with Crippen LogP contribution >= 0.6 is 11.3 Å². The fourth-order valence-corrected chi connectivity index (χ4v) is 3.74. The van der Waals surface area contributed by atoms with E-state index >= 15 is 0 Å². The summed E-state index contributed by atoms with van der Waals surface area (Å²) in [5.74, 6) is 0.0276. The number of benzene rings is 2. The van der Waals surface area contributed by atoms with Gasteiger partial charge in [-0.3, -0.25) is 4.79 Å². The molecular weight excluding hydrogens is 403 g/mol. The Morgan fingerprint density at radius 3 is 2.63 bits per heavy atom. The van der Waals surface area contributed by atoms with E-state index in [1.165, 1.54) is 29.4 Å². The van der Waals surface area contributed by atoms with Crippen LogP contribution in [0.15, 0.2) is 66.0 Å². The lowest BCUT2D eigenvalue weighted by Gasteiger charge is -2.15. The fraction of sp³-hybridized carbons (Fsp3) is 0.136. The minimum atomic E-state index is -0.470. The predicted molar refractivity (Wildman–Crippen MR) is 113 cm³/mol. The average molecular weight is 422 g/mol.